The number of rotatable bonds is 17. The zero-order chi connectivity index (χ0) is 20.6. The first kappa shape index (κ1) is 28.5. The van der Waals surface area contributed by atoms with E-state index in [1.165, 1.54) is 38.5 Å². The summed E-state index contributed by atoms with van der Waals surface area (Å²) in [6.45, 7) is 4.37. The van der Waals surface area contributed by atoms with Crippen molar-refractivity contribution in [1.82, 2.24) is 0 Å². The molecule has 0 fully saturated rings. The number of aliphatic hydroxyl groups excluding tert-OH is 1. The molecule has 0 bridgehead atoms. The quantitative estimate of drug-likeness (QED) is 0.314. The molecule has 0 aromatic heterocycles. The van der Waals surface area contributed by atoms with Crippen molar-refractivity contribution >= 4 is 5.97 Å². The molecule has 4 nitrogen and oxygen atoms in total. The number of benzene rings is 1. The van der Waals surface area contributed by atoms with Gasteiger partial charge in [0.05, 0.1) is 12.1 Å². The average Bonchev–Trinajstić information content (AvgIpc) is 2.69. The van der Waals surface area contributed by atoms with Crippen LogP contribution >= 0.6 is 0 Å². The first-order valence-electron chi connectivity index (χ1n) is 11.2. The summed E-state index contributed by atoms with van der Waals surface area (Å²) in [4.78, 5) is 11.4. The Balaban J connectivity index is 0.00000784. The standard InChI is InChI=1S/C24H40O4.Na/c1-3-5-7-9-11-13-15-23(24(26)27)28-21-18-16-20(17-19-21)22(25)14-12-10-8-6-4-2;/h16-19,22-23,25H,3-15H2,1-2H3,(H,26,27);/q;+1/p-1/t22-,23?;/m0./s1. The van der Waals surface area contributed by atoms with Gasteiger partial charge >= 0.3 is 29.6 Å². The molecule has 1 aromatic carbocycles. The first-order chi connectivity index (χ1) is 13.6. The van der Waals surface area contributed by atoms with E-state index in [0.29, 0.717) is 12.2 Å². The zero-order valence-electron chi connectivity index (χ0n) is 18.8. The van der Waals surface area contributed by atoms with Crippen LogP contribution in [0.25, 0.3) is 0 Å². The Bertz CT molecular complexity index is 518. The number of hydrogen-bond acceptors (Lipinski definition) is 4. The van der Waals surface area contributed by atoms with Crippen LogP contribution in [-0.4, -0.2) is 17.2 Å². The van der Waals surface area contributed by atoms with Crippen molar-refractivity contribution in [2.24, 2.45) is 0 Å². The van der Waals surface area contributed by atoms with E-state index in [0.717, 1.165) is 44.1 Å². The van der Waals surface area contributed by atoms with Crippen molar-refractivity contribution in [2.45, 2.75) is 110 Å². The molecule has 1 aromatic rings. The van der Waals surface area contributed by atoms with Gasteiger partial charge in [0.25, 0.3) is 0 Å². The van der Waals surface area contributed by atoms with Crippen LogP contribution in [0.3, 0.4) is 0 Å². The number of carbonyl (C=O) groups is 1. The summed E-state index contributed by atoms with van der Waals surface area (Å²) < 4.78 is 5.62. The molecule has 0 amide bonds. The summed E-state index contributed by atoms with van der Waals surface area (Å²) >= 11 is 0. The van der Waals surface area contributed by atoms with Crippen LogP contribution in [0.5, 0.6) is 5.75 Å². The number of unbranched alkanes of at least 4 members (excludes halogenated alkanes) is 9. The summed E-state index contributed by atoms with van der Waals surface area (Å²) in [5, 5.41) is 21.7. The summed E-state index contributed by atoms with van der Waals surface area (Å²) in [5.74, 6) is -0.649. The Morgan fingerprint density at radius 3 is 1.86 bits per heavy atom. The predicted octanol–water partition coefficient (Wildman–Crippen LogP) is 2.33. The summed E-state index contributed by atoms with van der Waals surface area (Å²) in [7, 11) is 0. The molecular formula is C24H39NaO4. The third kappa shape index (κ3) is 13.4. The van der Waals surface area contributed by atoms with Gasteiger partial charge in [-0.2, -0.15) is 0 Å². The molecule has 0 saturated carbocycles. The Kier molecular flexibility index (Phi) is 17.9. The van der Waals surface area contributed by atoms with Gasteiger partial charge in [0.15, 0.2) is 0 Å². The molecule has 0 saturated heterocycles. The van der Waals surface area contributed by atoms with Gasteiger partial charge in [0.1, 0.15) is 11.9 Å². The third-order valence-electron chi connectivity index (χ3n) is 5.21. The average molecular weight is 415 g/mol. The molecule has 29 heavy (non-hydrogen) atoms. The van der Waals surface area contributed by atoms with E-state index in [1.54, 1.807) is 12.1 Å². The Morgan fingerprint density at radius 1 is 0.862 bits per heavy atom. The molecule has 0 aliphatic heterocycles. The van der Waals surface area contributed by atoms with Crippen molar-refractivity contribution in [3.63, 3.8) is 0 Å². The maximum atomic E-state index is 11.4. The summed E-state index contributed by atoms with van der Waals surface area (Å²) in [6, 6.07) is 7.13. The molecule has 160 valence electrons. The fourth-order valence-electron chi connectivity index (χ4n) is 3.38. The number of aliphatic carboxylic acids is 1. The number of carboxylic acid groups (broad SMARTS) is 1. The molecule has 0 radical (unpaired) electrons. The SMILES string of the molecule is CCCCCCCCC(Oc1ccc([C@@H](O)CCCCCCC)cc1)C(=O)[O-].[Na+]. The number of ether oxygens (including phenoxy) is 1. The van der Waals surface area contributed by atoms with E-state index in [9.17, 15) is 15.0 Å². The molecule has 1 unspecified atom stereocenters. The van der Waals surface area contributed by atoms with Crippen LogP contribution in [0, 0.1) is 0 Å². The topological polar surface area (TPSA) is 69.6 Å². The van der Waals surface area contributed by atoms with Gasteiger partial charge in [-0.25, -0.2) is 0 Å². The molecule has 1 N–H and O–H groups in total. The number of aliphatic hydroxyl groups is 1. The molecule has 0 aliphatic rings. The number of hydrogen-bond donors (Lipinski definition) is 1. The van der Waals surface area contributed by atoms with Crippen molar-refractivity contribution in [3.8, 4) is 5.75 Å². The largest absolute Gasteiger partial charge is 1.00 e. The van der Waals surface area contributed by atoms with E-state index in [2.05, 4.69) is 13.8 Å². The van der Waals surface area contributed by atoms with Crippen molar-refractivity contribution in [3.05, 3.63) is 29.8 Å². The first-order valence-corrected chi connectivity index (χ1v) is 11.2. The molecule has 0 aliphatic carbocycles. The third-order valence-corrected chi connectivity index (χ3v) is 5.21. The fraction of sp³-hybridized carbons (Fsp3) is 0.708. The molecule has 5 heteroatoms. The molecule has 0 spiro atoms. The molecular weight excluding hydrogens is 375 g/mol. The van der Waals surface area contributed by atoms with E-state index in [4.69, 9.17) is 4.74 Å². The summed E-state index contributed by atoms with van der Waals surface area (Å²) in [6.07, 6.45) is 12.3. The van der Waals surface area contributed by atoms with Crippen LogP contribution in [0.15, 0.2) is 24.3 Å². The van der Waals surface area contributed by atoms with Crippen LogP contribution in [0.2, 0.25) is 0 Å². The maximum Gasteiger partial charge on any atom is 1.00 e. The van der Waals surface area contributed by atoms with E-state index >= 15 is 0 Å². The second-order valence-electron chi connectivity index (χ2n) is 7.77. The van der Waals surface area contributed by atoms with Crippen LogP contribution in [0.4, 0.5) is 0 Å². The fourth-order valence-corrected chi connectivity index (χ4v) is 3.38. The second-order valence-corrected chi connectivity index (χ2v) is 7.77. The molecule has 0 heterocycles. The molecule has 2 atom stereocenters. The van der Waals surface area contributed by atoms with Crippen LogP contribution in [-0.2, 0) is 4.79 Å². The van der Waals surface area contributed by atoms with Crippen LogP contribution in [0.1, 0.15) is 109 Å². The van der Waals surface area contributed by atoms with Gasteiger partial charge in [-0.05, 0) is 37.0 Å². The minimum absolute atomic E-state index is 0. The van der Waals surface area contributed by atoms with Gasteiger partial charge in [0.2, 0.25) is 0 Å². The second kappa shape index (κ2) is 18.2. The van der Waals surface area contributed by atoms with Crippen molar-refractivity contribution in [1.29, 1.82) is 0 Å². The van der Waals surface area contributed by atoms with E-state index in [1.807, 2.05) is 12.1 Å². The van der Waals surface area contributed by atoms with Gasteiger partial charge in [-0.3, -0.25) is 0 Å². The monoisotopic (exact) mass is 414 g/mol. The zero-order valence-corrected chi connectivity index (χ0v) is 20.8. The smallest absolute Gasteiger partial charge is 0.546 e. The van der Waals surface area contributed by atoms with Gasteiger partial charge in [0, 0.05) is 0 Å². The Morgan fingerprint density at radius 2 is 1.34 bits per heavy atom. The Hall–Kier alpha value is -0.550. The normalized spacial score (nSPS) is 12.8. The van der Waals surface area contributed by atoms with Gasteiger partial charge < -0.3 is 19.7 Å². The van der Waals surface area contributed by atoms with Crippen molar-refractivity contribution < 1.29 is 49.3 Å². The van der Waals surface area contributed by atoms with Crippen LogP contribution < -0.4 is 39.4 Å². The minimum Gasteiger partial charge on any atom is -0.546 e. The van der Waals surface area contributed by atoms with Gasteiger partial charge in [-0.15, -0.1) is 0 Å². The number of carboxylic acids is 1. The van der Waals surface area contributed by atoms with Crippen molar-refractivity contribution in [2.75, 3.05) is 0 Å². The van der Waals surface area contributed by atoms with E-state index in [-0.39, 0.29) is 29.6 Å². The Labute approximate surface area is 199 Å². The van der Waals surface area contributed by atoms with E-state index < -0.39 is 18.2 Å². The summed E-state index contributed by atoms with van der Waals surface area (Å²) in [5.41, 5.74) is 0.851. The predicted molar refractivity (Wildman–Crippen MR) is 112 cm³/mol. The maximum absolute atomic E-state index is 11.4. The molecule has 1 rings (SSSR count). The number of carbonyl (C=O) groups excluding carboxylic acids is 1. The minimum atomic E-state index is -1.16. The van der Waals surface area contributed by atoms with Gasteiger partial charge in [-0.1, -0.05) is 90.2 Å².